The topological polar surface area (TPSA) is 96.0 Å². The number of hydrogen-bond acceptors (Lipinski definition) is 5. The lowest BCUT2D eigenvalue weighted by atomic mass is 10.0. The van der Waals surface area contributed by atoms with Crippen LogP contribution in [-0.4, -0.2) is 51.4 Å². The Labute approximate surface area is 257 Å². The van der Waals surface area contributed by atoms with E-state index in [1.54, 1.807) is 37.3 Å². The van der Waals surface area contributed by atoms with Gasteiger partial charge in [-0.15, -0.1) is 0 Å². The molecule has 0 heterocycles. The number of benzene rings is 4. The summed E-state index contributed by atoms with van der Waals surface area (Å²) in [5, 5.41) is 3.12. The van der Waals surface area contributed by atoms with Crippen molar-refractivity contribution in [2.45, 2.75) is 30.8 Å². The van der Waals surface area contributed by atoms with Crippen LogP contribution in [0.4, 0.5) is 5.69 Å². The van der Waals surface area contributed by atoms with Crippen molar-refractivity contribution in [3.8, 4) is 5.75 Å². The standard InChI is InChI=1S/C33H34ClN3O5S/c1-3-35-33(39)30(21-25-13-7-4-8-14-25)36(23-26-15-9-5-10-16-26)32(38)24-37(29-22-27(34)19-20-31(29)42-2)43(40,41)28-17-11-6-12-18-28/h4-20,22,30H,3,21,23-24H2,1-2H3,(H,35,39). The van der Waals surface area contributed by atoms with E-state index in [0.717, 1.165) is 15.4 Å². The van der Waals surface area contributed by atoms with Gasteiger partial charge >= 0.3 is 0 Å². The number of carbonyl (C=O) groups excluding carboxylic acids is 2. The van der Waals surface area contributed by atoms with Crippen LogP contribution in [0.25, 0.3) is 0 Å². The van der Waals surface area contributed by atoms with Crippen LogP contribution in [-0.2, 0) is 32.6 Å². The minimum absolute atomic E-state index is 0.0102. The molecular formula is C33H34ClN3O5S. The quantitative estimate of drug-likeness (QED) is 0.219. The Morgan fingerprint density at radius 3 is 2.02 bits per heavy atom. The average Bonchev–Trinajstić information content (AvgIpc) is 3.03. The summed E-state index contributed by atoms with van der Waals surface area (Å²) in [6.07, 6.45) is 0.233. The minimum atomic E-state index is -4.27. The Kier molecular flexibility index (Phi) is 10.8. The first-order valence-electron chi connectivity index (χ1n) is 13.8. The summed E-state index contributed by atoms with van der Waals surface area (Å²) in [7, 11) is -2.86. The highest BCUT2D eigenvalue weighted by molar-refractivity contribution is 7.92. The van der Waals surface area contributed by atoms with Crippen LogP contribution in [0.15, 0.2) is 114 Å². The molecule has 4 rings (SSSR count). The highest BCUT2D eigenvalue weighted by Gasteiger charge is 2.35. The fourth-order valence-electron chi connectivity index (χ4n) is 4.72. The molecule has 0 aliphatic heterocycles. The maximum Gasteiger partial charge on any atom is 0.264 e. The second-order valence-corrected chi connectivity index (χ2v) is 12.0. The number of anilines is 1. The van der Waals surface area contributed by atoms with Crippen molar-refractivity contribution in [2.75, 3.05) is 24.5 Å². The van der Waals surface area contributed by atoms with Crippen LogP contribution < -0.4 is 14.4 Å². The number of carbonyl (C=O) groups is 2. The van der Waals surface area contributed by atoms with E-state index in [4.69, 9.17) is 16.3 Å². The molecule has 8 nitrogen and oxygen atoms in total. The molecule has 0 bridgehead atoms. The molecule has 4 aromatic carbocycles. The summed E-state index contributed by atoms with van der Waals surface area (Å²) in [5.41, 5.74) is 1.75. The lowest BCUT2D eigenvalue weighted by Gasteiger charge is -2.34. The van der Waals surface area contributed by atoms with Gasteiger partial charge in [-0.2, -0.15) is 0 Å². The highest BCUT2D eigenvalue weighted by Crippen LogP contribution is 2.35. The van der Waals surface area contributed by atoms with E-state index < -0.39 is 28.5 Å². The van der Waals surface area contributed by atoms with Crippen molar-refractivity contribution in [1.29, 1.82) is 0 Å². The lowest BCUT2D eigenvalue weighted by molar-refractivity contribution is -0.140. The third-order valence-corrected chi connectivity index (χ3v) is 8.85. The Morgan fingerprint density at radius 2 is 1.44 bits per heavy atom. The van der Waals surface area contributed by atoms with Crippen LogP contribution in [0, 0.1) is 0 Å². The molecule has 10 heteroatoms. The van der Waals surface area contributed by atoms with Gasteiger partial charge in [0.2, 0.25) is 11.8 Å². The van der Waals surface area contributed by atoms with Crippen molar-refractivity contribution in [1.82, 2.24) is 10.2 Å². The zero-order chi connectivity index (χ0) is 30.8. The maximum absolute atomic E-state index is 14.4. The molecule has 0 spiro atoms. The summed E-state index contributed by atoms with van der Waals surface area (Å²) in [6.45, 7) is 1.65. The zero-order valence-electron chi connectivity index (χ0n) is 24.0. The molecule has 1 unspecified atom stereocenters. The number of methoxy groups -OCH3 is 1. The van der Waals surface area contributed by atoms with E-state index in [1.807, 2.05) is 60.7 Å². The van der Waals surface area contributed by atoms with E-state index in [2.05, 4.69) is 5.32 Å². The van der Waals surface area contributed by atoms with Crippen molar-refractivity contribution < 1.29 is 22.7 Å². The summed E-state index contributed by atoms with van der Waals surface area (Å²) < 4.78 is 34.7. The van der Waals surface area contributed by atoms with Crippen molar-refractivity contribution in [2.24, 2.45) is 0 Å². The number of likely N-dealkylation sites (N-methyl/N-ethyl adjacent to an activating group) is 1. The SMILES string of the molecule is CCNC(=O)C(Cc1ccccc1)N(Cc1ccccc1)C(=O)CN(c1cc(Cl)ccc1OC)S(=O)(=O)c1ccccc1. The number of ether oxygens (including phenoxy) is 1. The molecule has 0 aliphatic rings. The Bertz CT molecular complexity index is 1620. The molecule has 43 heavy (non-hydrogen) atoms. The second kappa shape index (κ2) is 14.7. The molecule has 0 saturated heterocycles. The van der Waals surface area contributed by atoms with Gasteiger partial charge in [-0.05, 0) is 48.4 Å². The number of nitrogens with one attached hydrogen (secondary N) is 1. The molecular weight excluding hydrogens is 586 g/mol. The lowest BCUT2D eigenvalue weighted by Crippen LogP contribution is -2.53. The largest absolute Gasteiger partial charge is 0.495 e. The summed E-state index contributed by atoms with van der Waals surface area (Å²) in [6, 6.07) is 30.1. The van der Waals surface area contributed by atoms with Crippen LogP contribution in [0.1, 0.15) is 18.1 Å². The van der Waals surface area contributed by atoms with Crippen molar-refractivity contribution >= 4 is 39.1 Å². The number of hydrogen-bond donors (Lipinski definition) is 1. The first-order valence-corrected chi connectivity index (χ1v) is 15.6. The average molecular weight is 620 g/mol. The van der Waals surface area contributed by atoms with Gasteiger partial charge in [0, 0.05) is 24.5 Å². The molecule has 0 saturated carbocycles. The smallest absolute Gasteiger partial charge is 0.264 e. The highest BCUT2D eigenvalue weighted by atomic mass is 35.5. The Morgan fingerprint density at radius 1 is 0.860 bits per heavy atom. The number of rotatable bonds is 13. The van der Waals surface area contributed by atoms with Gasteiger partial charge in [0.25, 0.3) is 10.0 Å². The molecule has 0 fully saturated rings. The van der Waals surface area contributed by atoms with E-state index in [-0.39, 0.29) is 40.2 Å². The number of amides is 2. The zero-order valence-corrected chi connectivity index (χ0v) is 25.6. The molecule has 0 radical (unpaired) electrons. The van der Waals surface area contributed by atoms with Crippen molar-refractivity contribution in [3.05, 3.63) is 125 Å². The van der Waals surface area contributed by atoms with Gasteiger partial charge in [0.1, 0.15) is 18.3 Å². The van der Waals surface area contributed by atoms with E-state index in [0.29, 0.717) is 6.54 Å². The Hall–Kier alpha value is -4.34. The van der Waals surface area contributed by atoms with Crippen LogP contribution in [0.5, 0.6) is 5.75 Å². The van der Waals surface area contributed by atoms with E-state index in [1.165, 1.54) is 30.2 Å². The van der Waals surface area contributed by atoms with Gasteiger partial charge < -0.3 is 15.0 Å². The van der Waals surface area contributed by atoms with Crippen LogP contribution >= 0.6 is 11.6 Å². The van der Waals surface area contributed by atoms with E-state index >= 15 is 0 Å². The molecule has 0 aromatic heterocycles. The molecule has 4 aromatic rings. The summed E-state index contributed by atoms with van der Waals surface area (Å²) >= 11 is 6.31. The predicted octanol–water partition coefficient (Wildman–Crippen LogP) is 5.32. The van der Waals surface area contributed by atoms with Gasteiger partial charge in [0.05, 0.1) is 17.7 Å². The minimum Gasteiger partial charge on any atom is -0.495 e. The molecule has 224 valence electrons. The Balaban J connectivity index is 1.82. The van der Waals surface area contributed by atoms with Gasteiger partial charge in [-0.25, -0.2) is 8.42 Å². The van der Waals surface area contributed by atoms with E-state index in [9.17, 15) is 18.0 Å². The van der Waals surface area contributed by atoms with Gasteiger partial charge in [0.15, 0.2) is 0 Å². The third-order valence-electron chi connectivity index (χ3n) is 6.84. The van der Waals surface area contributed by atoms with Gasteiger partial charge in [-0.1, -0.05) is 90.5 Å². The van der Waals surface area contributed by atoms with Crippen LogP contribution in [0.2, 0.25) is 5.02 Å². The fraction of sp³-hybridized carbons (Fsp3) is 0.212. The van der Waals surface area contributed by atoms with Crippen LogP contribution in [0.3, 0.4) is 0 Å². The second-order valence-electron chi connectivity index (χ2n) is 9.75. The number of halogens is 1. The third kappa shape index (κ3) is 7.94. The fourth-order valence-corrected chi connectivity index (χ4v) is 6.32. The first-order chi connectivity index (χ1) is 20.7. The first kappa shape index (κ1) is 31.6. The summed E-state index contributed by atoms with van der Waals surface area (Å²) in [4.78, 5) is 29.4. The number of nitrogens with zero attached hydrogens (tertiary/aromatic N) is 2. The molecule has 1 atom stereocenters. The maximum atomic E-state index is 14.4. The summed E-state index contributed by atoms with van der Waals surface area (Å²) in [5.74, 6) is -0.693. The predicted molar refractivity (Wildman–Crippen MR) is 169 cm³/mol. The van der Waals surface area contributed by atoms with Gasteiger partial charge in [-0.3, -0.25) is 13.9 Å². The number of sulfonamides is 1. The monoisotopic (exact) mass is 619 g/mol. The van der Waals surface area contributed by atoms with Crippen molar-refractivity contribution in [3.63, 3.8) is 0 Å². The molecule has 2 amide bonds. The normalized spacial score (nSPS) is 11.8. The molecule has 0 aliphatic carbocycles. The molecule has 1 N–H and O–H groups in total.